The summed E-state index contributed by atoms with van der Waals surface area (Å²) in [6.45, 7) is 4.52. The highest BCUT2D eigenvalue weighted by molar-refractivity contribution is 5.81. The molecule has 2 aliphatic heterocycles. The number of nitrogens with two attached hydrogens (primary N) is 1. The molecule has 2 saturated heterocycles. The predicted octanol–water partition coefficient (Wildman–Crippen LogP) is 1.47. The van der Waals surface area contributed by atoms with Crippen molar-refractivity contribution in [3.05, 3.63) is 89.6 Å². The summed E-state index contributed by atoms with van der Waals surface area (Å²) >= 11 is 0. The van der Waals surface area contributed by atoms with Crippen molar-refractivity contribution in [2.75, 3.05) is 19.6 Å². The Morgan fingerprint density at radius 3 is 2.55 bits per heavy atom. The van der Waals surface area contributed by atoms with Crippen LogP contribution >= 0.6 is 0 Å². The fourth-order valence-electron chi connectivity index (χ4n) is 4.73. The lowest BCUT2D eigenvalue weighted by Gasteiger charge is -2.45. The van der Waals surface area contributed by atoms with E-state index in [0.29, 0.717) is 19.0 Å². The molecular formula is C23H25N4O2+. The number of quaternary nitrogens is 1. The molecule has 1 amide bonds. The van der Waals surface area contributed by atoms with E-state index in [-0.39, 0.29) is 12.1 Å². The number of benzene rings is 2. The van der Waals surface area contributed by atoms with E-state index in [1.807, 2.05) is 48.2 Å². The van der Waals surface area contributed by atoms with Crippen LogP contribution in [0.4, 0.5) is 0 Å². The topological polar surface area (TPSA) is 66.2 Å². The van der Waals surface area contributed by atoms with E-state index in [1.54, 1.807) is 6.26 Å². The third kappa shape index (κ3) is 2.96. The molecule has 0 aliphatic carbocycles. The van der Waals surface area contributed by atoms with E-state index in [0.717, 1.165) is 29.9 Å². The monoisotopic (exact) mass is 389 g/mol. The van der Waals surface area contributed by atoms with Crippen LogP contribution in [0.1, 0.15) is 22.7 Å². The molecule has 6 nitrogen and oxygen atoms in total. The molecule has 0 bridgehead atoms. The first-order chi connectivity index (χ1) is 14.2. The lowest BCUT2D eigenvalue weighted by Crippen LogP contribution is -2.95. The third-order valence-electron chi connectivity index (χ3n) is 6.07. The van der Waals surface area contributed by atoms with E-state index in [4.69, 9.17) is 9.40 Å². The summed E-state index contributed by atoms with van der Waals surface area (Å²) in [6.07, 6.45) is 1.69. The van der Waals surface area contributed by atoms with Crippen LogP contribution in [0.25, 0.3) is 0 Å². The number of piperazine rings is 1. The van der Waals surface area contributed by atoms with Crippen molar-refractivity contribution < 1.29 is 14.5 Å². The van der Waals surface area contributed by atoms with Gasteiger partial charge in [0.1, 0.15) is 25.5 Å². The molecule has 2 N–H and O–H groups in total. The maximum absolute atomic E-state index is 13.1. The van der Waals surface area contributed by atoms with Crippen LogP contribution in [0.2, 0.25) is 0 Å². The molecule has 3 aromatic rings. The first-order valence-electron chi connectivity index (χ1n) is 10.1. The summed E-state index contributed by atoms with van der Waals surface area (Å²) in [4.78, 5) is 22.1. The normalized spacial score (nSPS) is 24.7. The van der Waals surface area contributed by atoms with Gasteiger partial charge in [0.25, 0.3) is 0 Å². The number of amides is 1. The Kier molecular flexibility index (Phi) is 4.45. The number of hydrogen-bond acceptors (Lipinski definition) is 4. The Labute approximate surface area is 170 Å². The number of nitrogens with zero attached hydrogens (tertiary/aromatic N) is 3. The van der Waals surface area contributed by atoms with Gasteiger partial charge in [-0.05, 0) is 18.1 Å². The highest BCUT2D eigenvalue weighted by Crippen LogP contribution is 2.40. The van der Waals surface area contributed by atoms with Gasteiger partial charge in [-0.3, -0.25) is 4.79 Å². The Hall–Kier alpha value is -2.96. The molecule has 148 valence electrons. The summed E-state index contributed by atoms with van der Waals surface area (Å²) in [6, 6.07) is 20.5. The zero-order valence-corrected chi connectivity index (χ0v) is 16.5. The number of aryl methyl sites for hydroxylation is 1. The van der Waals surface area contributed by atoms with Gasteiger partial charge in [-0.2, -0.15) is 0 Å². The van der Waals surface area contributed by atoms with Crippen molar-refractivity contribution in [2.45, 2.75) is 25.2 Å². The van der Waals surface area contributed by atoms with Crippen LogP contribution in [0.5, 0.6) is 0 Å². The second-order valence-corrected chi connectivity index (χ2v) is 7.86. The molecule has 0 saturated carbocycles. The van der Waals surface area contributed by atoms with Crippen molar-refractivity contribution in [3.63, 3.8) is 0 Å². The summed E-state index contributed by atoms with van der Waals surface area (Å²) in [7, 11) is 0. The standard InChI is InChI=1S/C23H24N4O2/c1-17-15-29-22(25-17)23(19-10-6-3-7-11-19)16-24-12-20-26(21(28)14-27(20)23)13-18-8-4-2-5-9-18/h2-11,15,20,24H,12-14,16H2,1H3/p+1. The van der Waals surface area contributed by atoms with Gasteiger partial charge in [-0.1, -0.05) is 60.7 Å². The van der Waals surface area contributed by atoms with Crippen LogP contribution in [0, 0.1) is 6.92 Å². The smallest absolute Gasteiger partial charge is 0.238 e. The van der Waals surface area contributed by atoms with Gasteiger partial charge in [0.05, 0.1) is 12.2 Å². The highest BCUT2D eigenvalue weighted by atomic mass is 16.3. The zero-order valence-electron chi connectivity index (χ0n) is 16.5. The van der Waals surface area contributed by atoms with Gasteiger partial charge in [0, 0.05) is 6.54 Å². The van der Waals surface area contributed by atoms with Crippen molar-refractivity contribution in [2.24, 2.45) is 0 Å². The fraction of sp³-hybridized carbons (Fsp3) is 0.304. The second kappa shape index (κ2) is 7.13. The van der Waals surface area contributed by atoms with E-state index in [9.17, 15) is 4.79 Å². The van der Waals surface area contributed by atoms with Crippen molar-refractivity contribution in [1.29, 1.82) is 0 Å². The third-order valence-corrected chi connectivity index (χ3v) is 6.07. The Morgan fingerprint density at radius 1 is 1.14 bits per heavy atom. The van der Waals surface area contributed by atoms with E-state index < -0.39 is 5.54 Å². The summed E-state index contributed by atoms with van der Waals surface area (Å²) in [5, 5.41) is 2.28. The molecule has 0 radical (unpaired) electrons. The first kappa shape index (κ1) is 18.1. The van der Waals surface area contributed by atoms with Gasteiger partial charge in [-0.15, -0.1) is 0 Å². The number of rotatable bonds is 4. The van der Waals surface area contributed by atoms with Crippen LogP contribution in [0.3, 0.4) is 0 Å². The summed E-state index contributed by atoms with van der Waals surface area (Å²) in [5.41, 5.74) is 2.53. The van der Waals surface area contributed by atoms with E-state index >= 15 is 0 Å². The van der Waals surface area contributed by atoms with Crippen LogP contribution in [-0.4, -0.2) is 46.5 Å². The molecule has 5 rings (SSSR count). The van der Waals surface area contributed by atoms with Crippen LogP contribution in [-0.2, 0) is 16.9 Å². The molecule has 2 aromatic carbocycles. The Balaban J connectivity index is 1.58. The maximum Gasteiger partial charge on any atom is 0.238 e. The molecule has 6 heteroatoms. The minimum absolute atomic E-state index is 0.0103. The average Bonchev–Trinajstić information content (AvgIpc) is 3.33. The van der Waals surface area contributed by atoms with Gasteiger partial charge in [0.15, 0.2) is 5.54 Å². The molecular weight excluding hydrogens is 364 g/mol. The molecule has 2 atom stereocenters. The van der Waals surface area contributed by atoms with Crippen molar-refractivity contribution in [3.8, 4) is 0 Å². The minimum Gasteiger partial charge on any atom is -0.446 e. The molecule has 2 fully saturated rings. The van der Waals surface area contributed by atoms with E-state index in [2.05, 4.69) is 34.5 Å². The SMILES string of the molecule is Cc1coc(C2(c3ccccc3)C[NH2+]CC3N(Cc4ccccc4)C(=O)CN32)n1. The lowest BCUT2D eigenvalue weighted by molar-refractivity contribution is -0.684. The van der Waals surface area contributed by atoms with Gasteiger partial charge in [0.2, 0.25) is 11.8 Å². The minimum atomic E-state index is -0.570. The van der Waals surface area contributed by atoms with Gasteiger partial charge in [-0.25, -0.2) is 9.88 Å². The molecule has 3 heterocycles. The number of fused-ring (bicyclic) bond motifs is 1. The molecule has 1 aromatic heterocycles. The van der Waals surface area contributed by atoms with Gasteiger partial charge < -0.3 is 14.6 Å². The van der Waals surface area contributed by atoms with Crippen molar-refractivity contribution in [1.82, 2.24) is 14.8 Å². The second-order valence-electron chi connectivity index (χ2n) is 7.86. The molecule has 2 unspecified atom stereocenters. The molecule has 29 heavy (non-hydrogen) atoms. The predicted molar refractivity (Wildman–Crippen MR) is 108 cm³/mol. The van der Waals surface area contributed by atoms with E-state index in [1.165, 1.54) is 0 Å². The largest absolute Gasteiger partial charge is 0.446 e. The maximum atomic E-state index is 13.1. The number of hydrogen-bond donors (Lipinski definition) is 1. The number of carbonyl (C=O) groups excluding carboxylic acids is 1. The first-order valence-corrected chi connectivity index (χ1v) is 10.1. The number of oxazole rings is 1. The number of aromatic nitrogens is 1. The quantitative estimate of drug-likeness (QED) is 0.734. The molecule has 0 spiro atoms. The van der Waals surface area contributed by atoms with Gasteiger partial charge >= 0.3 is 0 Å². The lowest BCUT2D eigenvalue weighted by atomic mass is 9.85. The zero-order chi connectivity index (χ0) is 19.8. The Morgan fingerprint density at radius 2 is 1.86 bits per heavy atom. The van der Waals surface area contributed by atoms with Crippen LogP contribution < -0.4 is 5.32 Å². The number of carbonyl (C=O) groups is 1. The highest BCUT2D eigenvalue weighted by Gasteiger charge is 2.57. The Bertz CT molecular complexity index is 1000. The average molecular weight is 389 g/mol. The fourth-order valence-corrected chi connectivity index (χ4v) is 4.73. The summed E-state index contributed by atoms with van der Waals surface area (Å²) in [5.74, 6) is 0.814. The van der Waals surface area contributed by atoms with Crippen LogP contribution in [0.15, 0.2) is 71.3 Å². The summed E-state index contributed by atoms with van der Waals surface area (Å²) < 4.78 is 5.96. The molecule has 2 aliphatic rings. The van der Waals surface area contributed by atoms with Crippen molar-refractivity contribution >= 4 is 5.91 Å².